The minimum absolute atomic E-state index is 0.230. The Labute approximate surface area is 697 Å². The lowest BCUT2D eigenvalue weighted by molar-refractivity contribution is -0.379. The maximum absolute atomic E-state index is 13.6. The maximum Gasteiger partial charge on any atom is 0.220 e. The van der Waals surface area contributed by atoms with Crippen LogP contribution in [0.2, 0.25) is 0 Å². The van der Waals surface area contributed by atoms with Gasteiger partial charge in [-0.3, -0.25) is 4.79 Å². The molecule has 0 aromatic carbocycles. The lowest BCUT2D eigenvalue weighted by atomic mass is 9.96. The molecule has 3 saturated heterocycles. The second-order valence-electron chi connectivity index (χ2n) is 35.6. The second-order valence-corrected chi connectivity index (χ2v) is 35.6. The summed E-state index contributed by atoms with van der Waals surface area (Å²) in [5.41, 5.74) is 0. The van der Waals surface area contributed by atoms with Gasteiger partial charge < -0.3 is 89.9 Å². The van der Waals surface area contributed by atoms with Crippen molar-refractivity contribution in [1.82, 2.24) is 5.32 Å². The zero-order valence-corrected chi connectivity index (χ0v) is 73.6. The third-order valence-electron chi connectivity index (χ3n) is 25.2. The van der Waals surface area contributed by atoms with Crippen LogP contribution in [0.15, 0.2) is 0 Å². The number of nitrogens with one attached hydrogen (secondary N) is 1. The van der Waals surface area contributed by atoms with Crippen molar-refractivity contribution >= 4 is 5.91 Å². The number of amides is 1. The van der Waals surface area contributed by atoms with Gasteiger partial charge in [-0.1, -0.05) is 450 Å². The first-order chi connectivity index (χ1) is 55.8. The Morgan fingerprint density at radius 3 is 0.763 bits per heavy atom. The highest BCUT2D eigenvalue weighted by Crippen LogP contribution is 2.34. The van der Waals surface area contributed by atoms with Gasteiger partial charge in [-0.15, -0.1) is 0 Å². The summed E-state index contributed by atoms with van der Waals surface area (Å²) in [6.07, 6.45) is 66.8. The standard InChI is InChI=1S/C95H185NO18/c1-3-5-7-9-11-13-15-17-19-21-23-25-27-29-31-33-35-36-37-38-39-40-41-42-43-45-47-49-51-53-55-57-59-61-63-65-67-69-71-73-83(101)96-78(79(100)72-70-68-66-64-62-60-58-56-54-52-50-48-46-44-34-32-30-28-26-24-22-20-18-16-14-12-10-8-6-4-2)77-109-93-89(107)86(104)91(81(75-98)111-93)114-95-90(108)87(105)92(82(76-99)112-95)113-94-88(106)85(103)84(102)80(74-97)110-94/h78-82,84-95,97-100,102-108H,3-77H2,1-2H3,(H,96,101). The fourth-order valence-corrected chi connectivity index (χ4v) is 17.4. The van der Waals surface area contributed by atoms with E-state index in [1.807, 2.05) is 0 Å². The van der Waals surface area contributed by atoms with E-state index in [1.54, 1.807) is 0 Å². The van der Waals surface area contributed by atoms with Crippen LogP contribution in [0, 0.1) is 0 Å². The summed E-state index contributed by atoms with van der Waals surface area (Å²) < 4.78 is 34.7. The highest BCUT2D eigenvalue weighted by molar-refractivity contribution is 5.76. The molecule has 0 saturated carbocycles. The first-order valence-corrected chi connectivity index (χ1v) is 49.3. The van der Waals surface area contributed by atoms with Gasteiger partial charge in [-0.2, -0.15) is 0 Å². The molecule has 12 N–H and O–H groups in total. The van der Waals surface area contributed by atoms with Gasteiger partial charge in [0.2, 0.25) is 5.91 Å². The van der Waals surface area contributed by atoms with E-state index in [1.165, 1.54) is 392 Å². The number of aliphatic hydroxyl groups excluding tert-OH is 11. The Kier molecular flexibility index (Phi) is 70.9. The van der Waals surface area contributed by atoms with Crippen LogP contribution >= 0.6 is 0 Å². The van der Waals surface area contributed by atoms with Crippen molar-refractivity contribution < 1.29 is 89.4 Å². The summed E-state index contributed by atoms with van der Waals surface area (Å²) in [6.45, 7) is 1.90. The SMILES string of the molecule is CCCCCCCCCCCCCCCCCCCCCCCCCCCCCCCCCCCCCCCCCC(=O)NC(COC1OC(CO)C(OC2OC(CO)C(OC3OC(CO)C(O)C(O)C3O)C(O)C2O)C(O)C1O)C(O)CCCCCCCCCCCCCCCCCCCCCCCCCCCCCCCC. The molecule has 3 aliphatic rings. The van der Waals surface area contributed by atoms with Crippen molar-refractivity contribution in [2.75, 3.05) is 26.4 Å². The molecule has 0 spiro atoms. The lowest BCUT2D eigenvalue weighted by Gasteiger charge is -2.48. The normalized spacial score (nSPS) is 24.6. The summed E-state index contributed by atoms with van der Waals surface area (Å²) in [4.78, 5) is 13.6. The molecule has 1 amide bonds. The lowest BCUT2D eigenvalue weighted by Crippen LogP contribution is -2.66. The van der Waals surface area contributed by atoms with Crippen LogP contribution in [-0.4, -0.2) is 193 Å². The van der Waals surface area contributed by atoms with Gasteiger partial charge in [0.05, 0.1) is 38.6 Å². The number of aliphatic hydroxyl groups is 11. The summed E-state index contributed by atoms with van der Waals surface area (Å²) in [5.74, 6) is -0.230. The minimum Gasteiger partial charge on any atom is -0.394 e. The van der Waals surface area contributed by atoms with E-state index in [4.69, 9.17) is 28.4 Å². The maximum atomic E-state index is 13.6. The molecule has 3 heterocycles. The molecule has 17 unspecified atom stereocenters. The number of hydrogen-bond acceptors (Lipinski definition) is 18. The van der Waals surface area contributed by atoms with Crippen LogP contribution in [0.25, 0.3) is 0 Å². The number of carbonyl (C=O) groups is 1. The van der Waals surface area contributed by atoms with Crippen molar-refractivity contribution in [3.8, 4) is 0 Å². The first-order valence-electron chi connectivity index (χ1n) is 49.3. The van der Waals surface area contributed by atoms with Crippen molar-refractivity contribution in [1.29, 1.82) is 0 Å². The molecule has 0 aliphatic carbocycles. The monoisotopic (exact) mass is 1630 g/mol. The van der Waals surface area contributed by atoms with E-state index in [2.05, 4.69) is 19.2 Å². The number of unbranched alkanes of at least 4 members (excludes halogenated alkanes) is 67. The van der Waals surface area contributed by atoms with Gasteiger partial charge in [0.15, 0.2) is 18.9 Å². The average molecular weight is 1630 g/mol. The Bertz CT molecular complexity index is 2050. The quantitative estimate of drug-likeness (QED) is 0.0252. The van der Waals surface area contributed by atoms with E-state index in [0.29, 0.717) is 12.8 Å². The molecule has 0 aromatic heterocycles. The minimum atomic E-state index is -1.97. The molecule has 19 nitrogen and oxygen atoms in total. The molecule has 0 aromatic rings. The molecule has 3 aliphatic heterocycles. The van der Waals surface area contributed by atoms with Gasteiger partial charge in [-0.25, -0.2) is 0 Å². The van der Waals surface area contributed by atoms with Crippen molar-refractivity contribution in [3.05, 3.63) is 0 Å². The Morgan fingerprint density at radius 2 is 0.500 bits per heavy atom. The molecular formula is C95H185NO18. The second kappa shape index (κ2) is 75.5. The molecule has 3 rings (SSSR count). The molecule has 3 fully saturated rings. The van der Waals surface area contributed by atoms with Crippen LogP contribution < -0.4 is 5.32 Å². The number of rotatable bonds is 83. The fourth-order valence-electron chi connectivity index (χ4n) is 17.4. The summed E-state index contributed by atoms with van der Waals surface area (Å²) >= 11 is 0. The predicted octanol–water partition coefficient (Wildman–Crippen LogP) is 20.0. The van der Waals surface area contributed by atoms with Gasteiger partial charge in [0, 0.05) is 6.42 Å². The zero-order valence-electron chi connectivity index (χ0n) is 73.6. The van der Waals surface area contributed by atoms with Gasteiger partial charge in [-0.05, 0) is 12.8 Å². The topological polar surface area (TPSA) is 307 Å². The van der Waals surface area contributed by atoms with Crippen LogP contribution in [-0.2, 0) is 33.2 Å². The van der Waals surface area contributed by atoms with Crippen LogP contribution in [0.3, 0.4) is 0 Å². The van der Waals surface area contributed by atoms with Gasteiger partial charge in [0.1, 0.15) is 73.2 Å². The Morgan fingerprint density at radius 1 is 0.281 bits per heavy atom. The predicted molar refractivity (Wildman–Crippen MR) is 462 cm³/mol. The van der Waals surface area contributed by atoms with Crippen LogP contribution in [0.5, 0.6) is 0 Å². The van der Waals surface area contributed by atoms with E-state index in [9.17, 15) is 61.0 Å². The zero-order chi connectivity index (χ0) is 82.4. The Balaban J connectivity index is 1.27. The first kappa shape index (κ1) is 107. The smallest absolute Gasteiger partial charge is 0.220 e. The third kappa shape index (κ3) is 53.0. The molecule has 0 radical (unpaired) electrons. The third-order valence-corrected chi connectivity index (χ3v) is 25.2. The van der Waals surface area contributed by atoms with E-state index in [-0.39, 0.29) is 18.9 Å². The van der Waals surface area contributed by atoms with Gasteiger partial charge in [0.25, 0.3) is 0 Å². The molecule has 114 heavy (non-hydrogen) atoms. The number of ether oxygens (including phenoxy) is 6. The highest BCUT2D eigenvalue weighted by atomic mass is 16.8. The van der Waals surface area contributed by atoms with Crippen molar-refractivity contribution in [2.24, 2.45) is 0 Å². The molecule has 0 bridgehead atoms. The number of carbonyl (C=O) groups excluding carboxylic acids is 1. The molecule has 678 valence electrons. The highest BCUT2D eigenvalue weighted by Gasteiger charge is 2.54. The van der Waals surface area contributed by atoms with Gasteiger partial charge >= 0.3 is 0 Å². The summed E-state index contributed by atoms with van der Waals surface area (Å²) in [5, 5.41) is 122. The fraction of sp³-hybridized carbons (Fsp3) is 0.989. The van der Waals surface area contributed by atoms with E-state index < -0.39 is 124 Å². The summed E-state index contributed by atoms with van der Waals surface area (Å²) in [7, 11) is 0. The van der Waals surface area contributed by atoms with E-state index in [0.717, 1.165) is 44.9 Å². The summed E-state index contributed by atoms with van der Waals surface area (Å²) in [6, 6.07) is -0.885. The molecular weight excluding hydrogens is 1440 g/mol. The number of hydrogen-bond donors (Lipinski definition) is 12. The largest absolute Gasteiger partial charge is 0.394 e. The van der Waals surface area contributed by atoms with Crippen molar-refractivity contribution in [3.63, 3.8) is 0 Å². The van der Waals surface area contributed by atoms with Crippen molar-refractivity contribution in [2.45, 2.75) is 574 Å². The molecule has 17 atom stereocenters. The van der Waals surface area contributed by atoms with Crippen LogP contribution in [0.4, 0.5) is 0 Å². The Hall–Kier alpha value is -1.21. The van der Waals surface area contributed by atoms with E-state index >= 15 is 0 Å². The van der Waals surface area contributed by atoms with Crippen LogP contribution in [0.1, 0.15) is 470 Å². The average Bonchev–Trinajstić information content (AvgIpc) is 0.783. The molecule has 19 heteroatoms.